The zero-order valence-corrected chi connectivity index (χ0v) is 19.6. The fraction of sp³-hybridized carbons (Fsp3) is 0.409. The van der Waals surface area contributed by atoms with Gasteiger partial charge in [0.05, 0.1) is 19.6 Å². The molecule has 2 aromatic carbocycles. The lowest BCUT2D eigenvalue weighted by molar-refractivity contribution is -0.121. The number of carbonyl (C=O) groups excluding carboxylic acids is 1. The first kappa shape index (κ1) is 24.4. The number of carbonyl (C=O) groups is 1. The summed E-state index contributed by atoms with van der Waals surface area (Å²) >= 11 is 5.68. The average molecular weight is 484 g/mol. The quantitative estimate of drug-likeness (QED) is 0.602. The van der Waals surface area contributed by atoms with E-state index >= 15 is 0 Å². The van der Waals surface area contributed by atoms with Crippen molar-refractivity contribution in [3.05, 3.63) is 58.9 Å². The Bertz CT molecular complexity index is 1060. The van der Waals surface area contributed by atoms with Crippen molar-refractivity contribution in [2.75, 3.05) is 37.6 Å². The zero-order valence-electron chi connectivity index (χ0n) is 18.0. The van der Waals surface area contributed by atoms with Crippen molar-refractivity contribution in [2.45, 2.75) is 30.7 Å². The topological polar surface area (TPSA) is 87.7 Å². The number of sulfonamides is 1. The van der Waals surface area contributed by atoms with Crippen LogP contribution in [0.3, 0.4) is 0 Å². The minimum absolute atomic E-state index is 0.109. The highest BCUT2D eigenvalue weighted by Gasteiger charge is 2.28. The summed E-state index contributed by atoms with van der Waals surface area (Å²) in [6.07, 6.45) is 0.165. The van der Waals surface area contributed by atoms with Crippen LogP contribution in [0.15, 0.2) is 47.4 Å². The van der Waals surface area contributed by atoms with E-state index in [9.17, 15) is 17.6 Å². The number of halogens is 2. The Hall–Kier alpha value is -2.20. The maximum atomic E-state index is 14.0. The van der Waals surface area contributed by atoms with Gasteiger partial charge in [0.1, 0.15) is 10.7 Å². The molecule has 1 aliphatic heterocycles. The summed E-state index contributed by atoms with van der Waals surface area (Å²) in [6.45, 7) is 7.74. The number of hydrogen-bond acceptors (Lipinski definition) is 5. The van der Waals surface area contributed by atoms with Gasteiger partial charge in [0.15, 0.2) is 0 Å². The van der Waals surface area contributed by atoms with Gasteiger partial charge in [-0.05, 0) is 49.7 Å². The van der Waals surface area contributed by atoms with E-state index in [0.29, 0.717) is 19.8 Å². The van der Waals surface area contributed by atoms with E-state index in [1.165, 1.54) is 18.2 Å². The number of hydrogen-bond donors (Lipinski definition) is 2. The number of benzene rings is 2. The molecule has 32 heavy (non-hydrogen) atoms. The van der Waals surface area contributed by atoms with Gasteiger partial charge in [-0.15, -0.1) is 0 Å². The highest BCUT2D eigenvalue weighted by atomic mass is 35.5. The highest BCUT2D eigenvalue weighted by Crippen LogP contribution is 2.22. The van der Waals surface area contributed by atoms with Crippen LogP contribution in [0.4, 0.5) is 10.1 Å². The lowest BCUT2D eigenvalue weighted by Gasteiger charge is -2.40. The molecule has 1 saturated heterocycles. The molecule has 2 aromatic rings. The first-order chi connectivity index (χ1) is 15.1. The highest BCUT2D eigenvalue weighted by molar-refractivity contribution is 7.92. The van der Waals surface area contributed by atoms with Crippen molar-refractivity contribution in [3.63, 3.8) is 0 Å². The molecule has 3 rings (SSSR count). The van der Waals surface area contributed by atoms with Gasteiger partial charge in [-0.3, -0.25) is 14.4 Å². The van der Waals surface area contributed by atoms with Gasteiger partial charge in [-0.25, -0.2) is 12.8 Å². The molecule has 1 heterocycles. The number of ether oxygens (including phenoxy) is 1. The van der Waals surface area contributed by atoms with Gasteiger partial charge in [0.25, 0.3) is 10.0 Å². The Morgan fingerprint density at radius 1 is 1.16 bits per heavy atom. The van der Waals surface area contributed by atoms with Crippen LogP contribution >= 0.6 is 11.6 Å². The molecule has 0 unspecified atom stereocenters. The molecular formula is C22H27ClFN3O4S. The summed E-state index contributed by atoms with van der Waals surface area (Å²) in [7, 11) is -4.11. The maximum absolute atomic E-state index is 14.0. The largest absolute Gasteiger partial charge is 0.379 e. The van der Waals surface area contributed by atoms with Crippen LogP contribution in [0.2, 0.25) is 5.02 Å². The molecule has 174 valence electrons. The van der Waals surface area contributed by atoms with E-state index in [4.69, 9.17) is 16.3 Å². The van der Waals surface area contributed by atoms with Crippen LogP contribution in [0.1, 0.15) is 19.4 Å². The molecular weight excluding hydrogens is 457 g/mol. The third-order valence-electron chi connectivity index (χ3n) is 5.34. The second-order valence-corrected chi connectivity index (χ2v) is 10.3. The second kappa shape index (κ2) is 10.2. The van der Waals surface area contributed by atoms with Crippen LogP contribution in [0, 0.1) is 5.82 Å². The molecule has 0 atom stereocenters. The Morgan fingerprint density at radius 2 is 1.81 bits per heavy atom. The predicted octanol–water partition coefficient (Wildman–Crippen LogP) is 3.05. The minimum Gasteiger partial charge on any atom is -0.379 e. The average Bonchev–Trinajstić information content (AvgIpc) is 2.74. The van der Waals surface area contributed by atoms with E-state index in [1.807, 2.05) is 0 Å². The fourth-order valence-corrected chi connectivity index (χ4v) is 4.72. The monoisotopic (exact) mass is 483 g/mol. The van der Waals surface area contributed by atoms with Gasteiger partial charge in [0, 0.05) is 35.9 Å². The molecule has 0 aromatic heterocycles. The van der Waals surface area contributed by atoms with Crippen molar-refractivity contribution < 1.29 is 22.3 Å². The number of nitrogens with one attached hydrogen (secondary N) is 2. The summed E-state index contributed by atoms with van der Waals surface area (Å²) in [5.41, 5.74) is 0.808. The van der Waals surface area contributed by atoms with Crippen molar-refractivity contribution in [3.8, 4) is 0 Å². The smallest absolute Gasteiger partial charge is 0.264 e. The number of anilines is 1. The summed E-state index contributed by atoms with van der Waals surface area (Å²) in [4.78, 5) is 14.2. The molecule has 0 bridgehead atoms. The van der Waals surface area contributed by atoms with E-state index in [0.717, 1.165) is 30.8 Å². The van der Waals surface area contributed by atoms with Crippen molar-refractivity contribution in [1.82, 2.24) is 10.2 Å². The normalized spacial score (nSPS) is 15.4. The summed E-state index contributed by atoms with van der Waals surface area (Å²) in [5, 5.41) is 3.08. The number of amides is 1. The molecule has 1 fully saturated rings. The lowest BCUT2D eigenvalue weighted by atomic mass is 10.0. The van der Waals surface area contributed by atoms with Crippen molar-refractivity contribution in [1.29, 1.82) is 0 Å². The van der Waals surface area contributed by atoms with Crippen molar-refractivity contribution in [2.24, 2.45) is 0 Å². The molecule has 1 aliphatic rings. The van der Waals surface area contributed by atoms with E-state index < -0.39 is 20.7 Å². The summed E-state index contributed by atoms with van der Waals surface area (Å²) in [5.74, 6) is -1.05. The van der Waals surface area contributed by atoms with Crippen LogP contribution in [0.5, 0.6) is 0 Å². The number of rotatable bonds is 8. The SMILES string of the molecule is CC(C)(CNC(=O)Cc1ccc(NS(=O)(=O)c2ccc(Cl)cc2F)cc1)N1CCOCC1. The molecule has 7 nitrogen and oxygen atoms in total. The minimum atomic E-state index is -4.11. The van der Waals surface area contributed by atoms with E-state index in [2.05, 4.69) is 28.8 Å². The van der Waals surface area contributed by atoms with Gasteiger partial charge >= 0.3 is 0 Å². The molecule has 2 N–H and O–H groups in total. The summed E-state index contributed by atoms with van der Waals surface area (Å²) in [6, 6.07) is 9.74. The van der Waals surface area contributed by atoms with Gasteiger partial charge < -0.3 is 10.1 Å². The predicted molar refractivity (Wildman–Crippen MR) is 122 cm³/mol. The maximum Gasteiger partial charge on any atom is 0.264 e. The van der Waals surface area contributed by atoms with E-state index in [-0.39, 0.29) is 28.6 Å². The van der Waals surface area contributed by atoms with Crippen molar-refractivity contribution >= 4 is 33.2 Å². The van der Waals surface area contributed by atoms with E-state index in [1.54, 1.807) is 12.1 Å². The fourth-order valence-electron chi connectivity index (χ4n) is 3.44. The molecule has 0 radical (unpaired) electrons. The van der Waals surface area contributed by atoms with Gasteiger partial charge in [0.2, 0.25) is 5.91 Å². The number of nitrogens with zero attached hydrogens (tertiary/aromatic N) is 1. The third-order valence-corrected chi connectivity index (χ3v) is 6.99. The van der Waals surface area contributed by atoms with Gasteiger partial charge in [-0.1, -0.05) is 23.7 Å². The number of morpholine rings is 1. The Balaban J connectivity index is 1.55. The van der Waals surface area contributed by atoms with Gasteiger partial charge in [-0.2, -0.15) is 0 Å². The first-order valence-corrected chi connectivity index (χ1v) is 12.1. The van der Waals surface area contributed by atoms with Crippen LogP contribution in [-0.4, -0.2) is 57.6 Å². The summed E-state index contributed by atoms with van der Waals surface area (Å²) < 4.78 is 46.6. The third kappa shape index (κ3) is 6.41. The van der Waals surface area contributed by atoms with Crippen LogP contribution in [0.25, 0.3) is 0 Å². The molecule has 10 heteroatoms. The molecule has 0 spiro atoms. The lowest BCUT2D eigenvalue weighted by Crippen LogP contribution is -2.55. The molecule has 0 aliphatic carbocycles. The zero-order chi connectivity index (χ0) is 23.4. The Labute approximate surface area is 192 Å². The molecule has 0 saturated carbocycles. The van der Waals surface area contributed by atoms with Crippen LogP contribution < -0.4 is 10.0 Å². The Kier molecular flexibility index (Phi) is 7.76. The first-order valence-electron chi connectivity index (χ1n) is 10.2. The Morgan fingerprint density at radius 3 is 2.44 bits per heavy atom. The second-order valence-electron chi connectivity index (χ2n) is 8.24. The molecule has 1 amide bonds. The van der Waals surface area contributed by atoms with Crippen LogP contribution in [-0.2, 0) is 26.0 Å². The standard InChI is InChI=1S/C22H27ClFN3O4S/c1-22(2,27-9-11-31-12-10-27)15-25-21(28)13-16-3-6-18(7-4-16)26-32(29,30)20-8-5-17(23)14-19(20)24/h3-8,14,26H,9-13,15H2,1-2H3,(H,25,28).